The normalized spacial score (nSPS) is 10.2. The summed E-state index contributed by atoms with van der Waals surface area (Å²) in [6, 6.07) is 7.84. The molecule has 4 nitrogen and oxygen atoms in total. The van der Waals surface area contributed by atoms with Crippen LogP contribution < -0.4 is 5.56 Å². The molecule has 24 heavy (non-hydrogen) atoms. The van der Waals surface area contributed by atoms with Crippen LogP contribution in [0.25, 0.3) is 22.7 Å². The molecule has 0 fully saturated rings. The Morgan fingerprint density at radius 2 is 2.00 bits per heavy atom. The van der Waals surface area contributed by atoms with E-state index in [1.54, 1.807) is 29.1 Å². The number of aromatic nitrogens is 3. The van der Waals surface area contributed by atoms with E-state index in [0.29, 0.717) is 16.7 Å². The molecule has 0 unspecified atom stereocenters. The largest absolute Gasteiger partial charge is 0.268 e. The second kappa shape index (κ2) is 7.68. The van der Waals surface area contributed by atoms with Crippen LogP contribution in [0.3, 0.4) is 0 Å². The quantitative estimate of drug-likeness (QED) is 0.722. The molecule has 0 amide bonds. The number of hydrogen-bond acceptors (Lipinski definition) is 3. The van der Waals surface area contributed by atoms with Crippen LogP contribution in [0, 0.1) is 6.92 Å². The van der Waals surface area contributed by atoms with Gasteiger partial charge in [0.2, 0.25) is 0 Å². The van der Waals surface area contributed by atoms with Gasteiger partial charge in [-0.2, -0.15) is 0 Å². The van der Waals surface area contributed by atoms with Gasteiger partial charge in [0, 0.05) is 12.4 Å². The highest BCUT2D eigenvalue weighted by molar-refractivity contribution is 5.77. The zero-order chi connectivity index (χ0) is 17.7. The Labute approximate surface area is 142 Å². The van der Waals surface area contributed by atoms with E-state index in [-0.39, 0.29) is 5.56 Å². The standard InChI is InChI=1S/C18H17N3O.C2H6/c1-4-13-6-7-16(12(3)10-13)21-17(5-2)20-15-8-9-19-11-14(15)18(21)22;1-2/h5-11H,2,4H2,1,3H3;1-2H3. The molecular weight excluding hydrogens is 298 g/mol. The predicted molar refractivity (Wildman–Crippen MR) is 101 cm³/mol. The minimum atomic E-state index is -0.125. The van der Waals surface area contributed by atoms with Gasteiger partial charge in [-0.1, -0.05) is 39.5 Å². The van der Waals surface area contributed by atoms with Crippen molar-refractivity contribution in [1.29, 1.82) is 0 Å². The Morgan fingerprint density at radius 1 is 1.25 bits per heavy atom. The Kier molecular flexibility index (Phi) is 5.64. The van der Waals surface area contributed by atoms with Gasteiger partial charge >= 0.3 is 0 Å². The summed E-state index contributed by atoms with van der Waals surface area (Å²) in [4.78, 5) is 21.4. The van der Waals surface area contributed by atoms with Crippen LogP contribution in [-0.2, 0) is 6.42 Å². The van der Waals surface area contributed by atoms with Crippen LogP contribution in [-0.4, -0.2) is 14.5 Å². The first kappa shape index (κ1) is 17.6. The summed E-state index contributed by atoms with van der Waals surface area (Å²) in [6.45, 7) is 11.9. The molecule has 0 saturated carbocycles. The smallest absolute Gasteiger partial charge is 0.267 e. The fourth-order valence-electron chi connectivity index (χ4n) is 2.61. The monoisotopic (exact) mass is 321 g/mol. The van der Waals surface area contributed by atoms with Crippen molar-refractivity contribution < 1.29 is 0 Å². The second-order valence-electron chi connectivity index (χ2n) is 5.18. The number of aryl methyl sites for hydroxylation is 2. The van der Waals surface area contributed by atoms with Crippen LogP contribution in [0.1, 0.15) is 37.7 Å². The number of pyridine rings is 1. The number of hydrogen-bond donors (Lipinski definition) is 0. The predicted octanol–water partition coefficient (Wildman–Crippen LogP) is 4.32. The summed E-state index contributed by atoms with van der Waals surface area (Å²) in [5.41, 5.74) is 3.61. The second-order valence-corrected chi connectivity index (χ2v) is 5.18. The summed E-state index contributed by atoms with van der Waals surface area (Å²) in [6.07, 6.45) is 5.76. The van der Waals surface area contributed by atoms with Gasteiger partial charge in [-0.05, 0) is 42.7 Å². The molecule has 0 aliphatic heterocycles. The van der Waals surface area contributed by atoms with Gasteiger partial charge < -0.3 is 0 Å². The first-order valence-corrected chi connectivity index (χ1v) is 8.24. The van der Waals surface area contributed by atoms with Crippen LogP contribution in [0.4, 0.5) is 0 Å². The topological polar surface area (TPSA) is 47.8 Å². The van der Waals surface area contributed by atoms with Crippen molar-refractivity contribution in [2.45, 2.75) is 34.1 Å². The maximum absolute atomic E-state index is 12.9. The summed E-state index contributed by atoms with van der Waals surface area (Å²) in [5, 5.41) is 0.507. The highest BCUT2D eigenvalue weighted by Gasteiger charge is 2.12. The average Bonchev–Trinajstić information content (AvgIpc) is 2.63. The summed E-state index contributed by atoms with van der Waals surface area (Å²) >= 11 is 0. The van der Waals surface area contributed by atoms with Crippen LogP contribution >= 0.6 is 0 Å². The molecule has 0 spiro atoms. The first-order valence-electron chi connectivity index (χ1n) is 8.24. The van der Waals surface area contributed by atoms with E-state index >= 15 is 0 Å². The third-order valence-corrected chi connectivity index (χ3v) is 3.79. The SMILES string of the molecule is C=Cc1nc2ccncc2c(=O)n1-c1ccc(CC)cc1C.CC. The van der Waals surface area contributed by atoms with E-state index < -0.39 is 0 Å². The fourth-order valence-corrected chi connectivity index (χ4v) is 2.61. The minimum absolute atomic E-state index is 0.125. The molecule has 3 aromatic rings. The maximum Gasteiger partial charge on any atom is 0.267 e. The van der Waals surface area contributed by atoms with Crippen molar-refractivity contribution in [2.24, 2.45) is 0 Å². The molecule has 0 bridgehead atoms. The molecule has 0 saturated heterocycles. The third-order valence-electron chi connectivity index (χ3n) is 3.79. The molecule has 0 aliphatic rings. The van der Waals surface area contributed by atoms with Gasteiger partial charge in [0.15, 0.2) is 0 Å². The zero-order valence-electron chi connectivity index (χ0n) is 14.7. The molecule has 4 heteroatoms. The molecule has 2 heterocycles. The highest BCUT2D eigenvalue weighted by atomic mass is 16.1. The molecule has 124 valence electrons. The summed E-state index contributed by atoms with van der Waals surface area (Å²) in [5.74, 6) is 0.538. The molecule has 3 rings (SSSR count). The van der Waals surface area contributed by atoms with Crippen molar-refractivity contribution in [3.8, 4) is 5.69 Å². The lowest BCUT2D eigenvalue weighted by atomic mass is 10.1. The summed E-state index contributed by atoms with van der Waals surface area (Å²) < 4.78 is 1.60. The van der Waals surface area contributed by atoms with E-state index in [2.05, 4.69) is 29.5 Å². The Morgan fingerprint density at radius 3 is 2.62 bits per heavy atom. The van der Waals surface area contributed by atoms with Crippen molar-refractivity contribution in [3.05, 3.63) is 70.5 Å². The molecule has 2 aromatic heterocycles. The van der Waals surface area contributed by atoms with E-state index in [1.165, 1.54) is 5.56 Å². The van der Waals surface area contributed by atoms with Crippen LogP contribution in [0.5, 0.6) is 0 Å². The number of rotatable bonds is 3. The van der Waals surface area contributed by atoms with Crippen molar-refractivity contribution in [1.82, 2.24) is 14.5 Å². The van der Waals surface area contributed by atoms with Gasteiger partial charge in [-0.25, -0.2) is 4.98 Å². The van der Waals surface area contributed by atoms with E-state index in [9.17, 15) is 4.79 Å². The fraction of sp³-hybridized carbons (Fsp3) is 0.250. The van der Waals surface area contributed by atoms with E-state index in [1.807, 2.05) is 32.9 Å². The van der Waals surface area contributed by atoms with Crippen LogP contribution in [0.2, 0.25) is 0 Å². The third kappa shape index (κ3) is 3.13. The lowest BCUT2D eigenvalue weighted by Gasteiger charge is -2.14. The van der Waals surface area contributed by atoms with Gasteiger partial charge in [0.05, 0.1) is 16.6 Å². The number of benzene rings is 1. The molecular formula is C20H23N3O. The highest BCUT2D eigenvalue weighted by Crippen LogP contribution is 2.18. The van der Waals surface area contributed by atoms with Gasteiger partial charge in [-0.3, -0.25) is 14.3 Å². The van der Waals surface area contributed by atoms with Gasteiger partial charge in [0.1, 0.15) is 5.82 Å². The van der Waals surface area contributed by atoms with Crippen molar-refractivity contribution >= 4 is 17.0 Å². The molecule has 0 N–H and O–H groups in total. The molecule has 0 radical (unpaired) electrons. The maximum atomic E-state index is 12.9. The summed E-state index contributed by atoms with van der Waals surface area (Å²) in [7, 11) is 0. The molecule has 1 aromatic carbocycles. The van der Waals surface area contributed by atoms with Gasteiger partial charge in [-0.15, -0.1) is 0 Å². The minimum Gasteiger partial charge on any atom is -0.268 e. The lowest BCUT2D eigenvalue weighted by molar-refractivity contribution is 0.929. The zero-order valence-corrected chi connectivity index (χ0v) is 14.7. The number of fused-ring (bicyclic) bond motifs is 1. The van der Waals surface area contributed by atoms with E-state index in [4.69, 9.17) is 0 Å². The Balaban J connectivity index is 0.00000100. The Hall–Kier alpha value is -2.75. The molecule has 0 atom stereocenters. The van der Waals surface area contributed by atoms with Crippen LogP contribution in [0.15, 0.2) is 48.0 Å². The van der Waals surface area contributed by atoms with Gasteiger partial charge in [0.25, 0.3) is 5.56 Å². The van der Waals surface area contributed by atoms with E-state index in [0.717, 1.165) is 17.7 Å². The van der Waals surface area contributed by atoms with Crippen molar-refractivity contribution in [2.75, 3.05) is 0 Å². The number of nitrogens with zero attached hydrogens (tertiary/aromatic N) is 3. The Bertz CT molecular complexity index is 926. The lowest BCUT2D eigenvalue weighted by Crippen LogP contribution is -2.23. The average molecular weight is 321 g/mol. The first-order chi connectivity index (χ1) is 11.7. The van der Waals surface area contributed by atoms with Crippen molar-refractivity contribution in [3.63, 3.8) is 0 Å². The molecule has 0 aliphatic carbocycles.